The molecule has 4 heteroatoms. The molecule has 0 fully saturated rings. The minimum absolute atomic E-state index is 0.123. The van der Waals surface area contributed by atoms with Crippen LogP contribution < -0.4 is 15.4 Å². The van der Waals surface area contributed by atoms with Crippen LogP contribution in [0.2, 0.25) is 0 Å². The van der Waals surface area contributed by atoms with Crippen LogP contribution >= 0.6 is 0 Å². The maximum absolute atomic E-state index is 12.9. The number of unbranched alkanes of at least 4 members (excludes halogenated alkanes) is 1. The van der Waals surface area contributed by atoms with Crippen molar-refractivity contribution in [1.29, 1.82) is 0 Å². The molecule has 3 rings (SSSR count). The van der Waals surface area contributed by atoms with E-state index in [0.717, 1.165) is 24.1 Å². The number of hydrogen-bond donors (Lipinski definition) is 1. The number of anilines is 2. The summed E-state index contributed by atoms with van der Waals surface area (Å²) in [4.78, 5) is 14.6. The van der Waals surface area contributed by atoms with E-state index in [1.807, 2.05) is 37.3 Å². The molecular weight excluding hydrogens is 300 g/mol. The number of fused-ring (bicyclic) bond motifs is 1. The van der Waals surface area contributed by atoms with Crippen molar-refractivity contribution in [3.05, 3.63) is 59.4 Å². The first-order valence-electron chi connectivity index (χ1n) is 8.26. The van der Waals surface area contributed by atoms with Crippen molar-refractivity contribution < 1.29 is 9.53 Å². The first-order valence-corrected chi connectivity index (χ1v) is 8.26. The van der Waals surface area contributed by atoms with Gasteiger partial charge in [-0.05, 0) is 43.2 Å². The Kier molecular flexibility index (Phi) is 4.56. The molecule has 0 bridgehead atoms. The first-order chi connectivity index (χ1) is 11.6. The zero-order valence-corrected chi connectivity index (χ0v) is 14.1. The van der Waals surface area contributed by atoms with Crippen LogP contribution in [0.5, 0.6) is 5.75 Å². The largest absolute Gasteiger partial charge is 0.449 e. The number of nitrogens with zero attached hydrogens (tertiary/aromatic N) is 1. The van der Waals surface area contributed by atoms with Gasteiger partial charge in [0.05, 0.1) is 5.69 Å². The quantitative estimate of drug-likeness (QED) is 0.680. The van der Waals surface area contributed by atoms with Crippen LogP contribution in [-0.4, -0.2) is 12.5 Å². The Morgan fingerprint density at radius 2 is 1.92 bits per heavy atom. The van der Waals surface area contributed by atoms with E-state index in [1.54, 1.807) is 23.1 Å². The van der Waals surface area contributed by atoms with E-state index < -0.39 is 0 Å². The summed E-state index contributed by atoms with van der Waals surface area (Å²) in [7, 11) is 0. The lowest BCUT2D eigenvalue weighted by molar-refractivity contribution is -0.117. The Morgan fingerprint density at radius 3 is 2.62 bits per heavy atom. The summed E-state index contributed by atoms with van der Waals surface area (Å²) in [5.41, 5.74) is 9.37. The normalized spacial score (nSPS) is 15.3. The summed E-state index contributed by atoms with van der Waals surface area (Å²) in [5, 5.41) is 0. The molecule has 2 N–H and O–H groups in total. The third kappa shape index (κ3) is 3.27. The van der Waals surface area contributed by atoms with E-state index in [4.69, 9.17) is 10.5 Å². The Labute approximate surface area is 142 Å². The zero-order valence-electron chi connectivity index (χ0n) is 14.1. The van der Waals surface area contributed by atoms with Crippen LogP contribution in [0.4, 0.5) is 11.4 Å². The zero-order chi connectivity index (χ0) is 17.1. The standard InChI is InChI=1S/C20H22N2O2/c1-3-4-11-22-17-13-16(21)9-10-18(17)24-19(20(22)23)12-15-7-5-14(2)6-8-15/h5-10,12-13H,3-4,11,21H2,1-2H3/b19-12+. The van der Waals surface area contributed by atoms with E-state index in [0.29, 0.717) is 23.7 Å². The molecule has 2 aromatic rings. The van der Waals surface area contributed by atoms with Gasteiger partial charge < -0.3 is 15.4 Å². The molecule has 0 spiro atoms. The van der Waals surface area contributed by atoms with Crippen LogP contribution in [0.15, 0.2) is 48.2 Å². The number of carbonyl (C=O) groups excluding carboxylic acids is 1. The van der Waals surface area contributed by atoms with Gasteiger partial charge in [0.1, 0.15) is 0 Å². The first kappa shape index (κ1) is 16.1. The maximum atomic E-state index is 12.9. The SMILES string of the molecule is CCCCN1C(=O)/C(=C\c2ccc(C)cc2)Oc2ccc(N)cc21. The van der Waals surface area contributed by atoms with E-state index in [1.165, 1.54) is 5.56 Å². The molecule has 0 unspecified atom stereocenters. The lowest BCUT2D eigenvalue weighted by atomic mass is 10.1. The average Bonchev–Trinajstić information content (AvgIpc) is 2.57. The highest BCUT2D eigenvalue weighted by atomic mass is 16.5. The number of carbonyl (C=O) groups is 1. The lowest BCUT2D eigenvalue weighted by Gasteiger charge is -2.30. The third-order valence-corrected chi connectivity index (χ3v) is 4.06. The van der Waals surface area contributed by atoms with Crippen molar-refractivity contribution in [3.63, 3.8) is 0 Å². The molecule has 0 radical (unpaired) electrons. The highest BCUT2D eigenvalue weighted by Crippen LogP contribution is 2.37. The van der Waals surface area contributed by atoms with Gasteiger partial charge in [-0.2, -0.15) is 0 Å². The number of aryl methyl sites for hydroxylation is 1. The van der Waals surface area contributed by atoms with E-state index in [-0.39, 0.29) is 5.91 Å². The minimum Gasteiger partial charge on any atom is -0.449 e. The molecule has 1 aliphatic heterocycles. The van der Waals surface area contributed by atoms with Gasteiger partial charge in [-0.25, -0.2) is 0 Å². The highest BCUT2D eigenvalue weighted by Gasteiger charge is 2.30. The van der Waals surface area contributed by atoms with Crippen LogP contribution in [0.1, 0.15) is 30.9 Å². The van der Waals surface area contributed by atoms with Crippen LogP contribution in [0.25, 0.3) is 6.08 Å². The van der Waals surface area contributed by atoms with Gasteiger partial charge in [-0.3, -0.25) is 4.79 Å². The molecule has 1 amide bonds. The predicted octanol–water partition coefficient (Wildman–Crippen LogP) is 4.14. The van der Waals surface area contributed by atoms with Crippen molar-refractivity contribution in [2.24, 2.45) is 0 Å². The fourth-order valence-electron chi connectivity index (χ4n) is 2.68. The van der Waals surface area contributed by atoms with Gasteiger partial charge >= 0.3 is 0 Å². The summed E-state index contributed by atoms with van der Waals surface area (Å²) in [5.74, 6) is 0.882. The van der Waals surface area contributed by atoms with E-state index >= 15 is 0 Å². The average molecular weight is 322 g/mol. The lowest BCUT2D eigenvalue weighted by Crippen LogP contribution is -2.38. The van der Waals surface area contributed by atoms with E-state index in [2.05, 4.69) is 6.92 Å². The predicted molar refractivity (Wildman–Crippen MR) is 97.9 cm³/mol. The summed E-state index contributed by atoms with van der Waals surface area (Å²) < 4.78 is 5.86. The number of nitrogens with two attached hydrogens (primary N) is 1. The van der Waals surface area contributed by atoms with Gasteiger partial charge in [0, 0.05) is 12.2 Å². The molecule has 124 valence electrons. The Hall–Kier alpha value is -2.75. The summed E-state index contributed by atoms with van der Waals surface area (Å²) in [6.07, 6.45) is 3.73. The molecule has 24 heavy (non-hydrogen) atoms. The van der Waals surface area contributed by atoms with Gasteiger partial charge in [0.2, 0.25) is 0 Å². The summed E-state index contributed by atoms with van der Waals surface area (Å²) in [6.45, 7) is 4.79. The number of amides is 1. The fraction of sp³-hybridized carbons (Fsp3) is 0.250. The monoisotopic (exact) mass is 322 g/mol. The van der Waals surface area contributed by atoms with Crippen LogP contribution in [-0.2, 0) is 4.79 Å². The molecule has 2 aromatic carbocycles. The Morgan fingerprint density at radius 1 is 1.17 bits per heavy atom. The molecule has 0 saturated carbocycles. The number of hydrogen-bond acceptors (Lipinski definition) is 3. The molecule has 1 heterocycles. The minimum atomic E-state index is -0.123. The van der Waals surface area contributed by atoms with Crippen molar-refractivity contribution in [2.75, 3.05) is 17.2 Å². The summed E-state index contributed by atoms with van der Waals surface area (Å²) in [6, 6.07) is 13.4. The molecular formula is C20H22N2O2. The second kappa shape index (κ2) is 6.79. The third-order valence-electron chi connectivity index (χ3n) is 4.06. The van der Waals surface area contributed by atoms with Crippen molar-refractivity contribution in [2.45, 2.75) is 26.7 Å². The maximum Gasteiger partial charge on any atom is 0.294 e. The van der Waals surface area contributed by atoms with Gasteiger partial charge in [0.15, 0.2) is 11.5 Å². The number of benzene rings is 2. The van der Waals surface area contributed by atoms with Crippen LogP contribution in [0, 0.1) is 6.92 Å². The van der Waals surface area contributed by atoms with Gasteiger partial charge in [-0.1, -0.05) is 43.2 Å². The van der Waals surface area contributed by atoms with Gasteiger partial charge in [0.25, 0.3) is 5.91 Å². The van der Waals surface area contributed by atoms with Crippen LogP contribution in [0.3, 0.4) is 0 Å². The van der Waals surface area contributed by atoms with Gasteiger partial charge in [-0.15, -0.1) is 0 Å². The molecule has 0 aliphatic carbocycles. The van der Waals surface area contributed by atoms with E-state index in [9.17, 15) is 4.79 Å². The topological polar surface area (TPSA) is 55.6 Å². The summed E-state index contributed by atoms with van der Waals surface area (Å²) >= 11 is 0. The van der Waals surface area contributed by atoms with Crippen molar-refractivity contribution >= 4 is 23.4 Å². The molecule has 0 saturated heterocycles. The second-order valence-corrected chi connectivity index (χ2v) is 6.06. The molecule has 4 nitrogen and oxygen atoms in total. The smallest absolute Gasteiger partial charge is 0.294 e. The molecule has 0 aromatic heterocycles. The number of nitrogen functional groups attached to an aromatic ring is 1. The number of ether oxygens (including phenoxy) is 1. The highest BCUT2D eigenvalue weighted by molar-refractivity contribution is 6.10. The molecule has 1 aliphatic rings. The number of rotatable bonds is 4. The van der Waals surface area contributed by atoms with Crippen molar-refractivity contribution in [1.82, 2.24) is 0 Å². The molecule has 0 atom stereocenters. The fourth-order valence-corrected chi connectivity index (χ4v) is 2.68. The Balaban J connectivity index is 1.99. The van der Waals surface area contributed by atoms with Crippen molar-refractivity contribution in [3.8, 4) is 5.75 Å². The Bertz CT molecular complexity index is 779. The second-order valence-electron chi connectivity index (χ2n) is 6.06.